The molecule has 0 unspecified atom stereocenters. The Kier molecular flexibility index (Phi) is 17.6. The minimum absolute atomic E-state index is 0. The number of benzene rings is 2. The van der Waals surface area contributed by atoms with Crippen LogP contribution < -0.4 is 9.80 Å². The second-order valence-corrected chi connectivity index (χ2v) is 16.9. The molecule has 0 N–H and O–H groups in total. The topological polar surface area (TPSA) is 117 Å². The smallest absolute Gasteiger partial charge is 0.410 e. The highest BCUT2D eigenvalue weighted by atomic mass is 79.9. The molecule has 4 aromatic rings. The van der Waals surface area contributed by atoms with E-state index in [2.05, 4.69) is 53.4 Å². The Labute approximate surface area is 346 Å². The zero-order valence-corrected chi connectivity index (χ0v) is 35.1. The van der Waals surface area contributed by atoms with E-state index in [4.69, 9.17) is 9.47 Å². The molecule has 0 spiro atoms. The number of amides is 2. The summed E-state index contributed by atoms with van der Waals surface area (Å²) in [6.07, 6.45) is 6.43. The molecular formula is C39H51BrF2N8O4S2. The molecule has 2 amide bonds. The monoisotopic (exact) mass is 876 g/mol. The number of hydrogen-bond acceptors (Lipinski definition) is 12. The van der Waals surface area contributed by atoms with Crippen LogP contribution in [0.15, 0.2) is 92.5 Å². The molecule has 56 heavy (non-hydrogen) atoms. The molecule has 2 fully saturated rings. The Hall–Kier alpha value is -4.22. The first-order valence-electron chi connectivity index (χ1n) is 17.6. The molecule has 0 bridgehead atoms. The number of anilines is 2. The number of rotatable bonds is 4. The van der Waals surface area contributed by atoms with Gasteiger partial charge in [0.05, 0.1) is 4.47 Å². The predicted octanol–water partition coefficient (Wildman–Crippen LogP) is 8.87. The van der Waals surface area contributed by atoms with Gasteiger partial charge in [-0.2, -0.15) is 0 Å². The molecule has 0 aliphatic carbocycles. The molecule has 304 valence electrons. The highest BCUT2D eigenvalue weighted by Gasteiger charge is 2.28. The first-order valence-corrected chi connectivity index (χ1v) is 19.6. The quantitative estimate of drug-likeness (QED) is 0.198. The van der Waals surface area contributed by atoms with Gasteiger partial charge in [0.1, 0.15) is 22.8 Å². The summed E-state index contributed by atoms with van der Waals surface area (Å²) in [5, 5.41) is 0. The molecule has 0 atom stereocenters. The first kappa shape index (κ1) is 46.2. The van der Waals surface area contributed by atoms with E-state index in [-0.39, 0.29) is 31.2 Å². The summed E-state index contributed by atoms with van der Waals surface area (Å²) in [7, 11) is 0. The van der Waals surface area contributed by atoms with Crippen molar-refractivity contribution in [3.05, 3.63) is 89.4 Å². The lowest BCUT2D eigenvalue weighted by Crippen LogP contribution is -2.50. The highest BCUT2D eigenvalue weighted by Crippen LogP contribution is 2.27. The number of ether oxygens (including phenoxy) is 2. The second kappa shape index (κ2) is 21.3. The van der Waals surface area contributed by atoms with Crippen LogP contribution in [0.4, 0.5) is 30.3 Å². The average Bonchev–Trinajstić information content (AvgIpc) is 3.14. The van der Waals surface area contributed by atoms with Crippen molar-refractivity contribution in [2.75, 3.05) is 62.2 Å². The van der Waals surface area contributed by atoms with Crippen LogP contribution in [0.2, 0.25) is 0 Å². The number of hydrogen-bond donors (Lipinski definition) is 1. The Morgan fingerprint density at radius 1 is 0.625 bits per heavy atom. The fraction of sp³-hybridized carbons (Fsp3) is 0.436. The van der Waals surface area contributed by atoms with Crippen LogP contribution in [0.1, 0.15) is 49.0 Å². The molecule has 2 saturated heterocycles. The lowest BCUT2D eigenvalue weighted by molar-refractivity contribution is 0.0229. The Balaban J connectivity index is 0.000000254. The number of carbonyl (C=O) groups is 2. The van der Waals surface area contributed by atoms with Crippen molar-refractivity contribution in [3.8, 4) is 0 Å². The minimum Gasteiger partial charge on any atom is -0.444 e. The van der Waals surface area contributed by atoms with Crippen LogP contribution in [-0.2, 0) is 9.47 Å². The third-order valence-electron chi connectivity index (χ3n) is 7.53. The molecule has 2 aliphatic rings. The van der Waals surface area contributed by atoms with Gasteiger partial charge in [-0.05, 0) is 106 Å². The fourth-order valence-corrected chi connectivity index (χ4v) is 6.01. The van der Waals surface area contributed by atoms with Crippen LogP contribution in [0, 0.1) is 11.6 Å². The van der Waals surface area contributed by atoms with Gasteiger partial charge in [-0.15, -0.1) is 12.6 Å². The SMILES string of the molecule is C.CC(C)(C)OC(=O)N1CCN(c2ncc(Br)cn2)CC1.CC(C)(C)OC(=O)N1CCN(c2ncc(Sc3ccc(F)cc3)cn2)CC1.Fc1ccc(S)cc1. The van der Waals surface area contributed by atoms with Crippen LogP contribution in [0.5, 0.6) is 0 Å². The van der Waals surface area contributed by atoms with Gasteiger partial charge >= 0.3 is 12.2 Å². The van der Waals surface area contributed by atoms with Gasteiger partial charge in [0.15, 0.2) is 0 Å². The van der Waals surface area contributed by atoms with Crippen LogP contribution in [0.25, 0.3) is 0 Å². The Morgan fingerprint density at radius 2 is 0.982 bits per heavy atom. The number of carbonyl (C=O) groups excluding carboxylic acids is 2. The second-order valence-electron chi connectivity index (χ2n) is 14.4. The maximum Gasteiger partial charge on any atom is 0.410 e. The summed E-state index contributed by atoms with van der Waals surface area (Å²) in [5.41, 5.74) is -0.946. The Morgan fingerprint density at radius 3 is 1.34 bits per heavy atom. The van der Waals surface area contributed by atoms with Gasteiger partial charge in [-0.25, -0.2) is 38.3 Å². The third-order valence-corrected chi connectivity index (χ3v) is 9.19. The lowest BCUT2D eigenvalue weighted by atomic mass is 10.2. The number of nitrogens with zero attached hydrogens (tertiary/aromatic N) is 8. The molecule has 0 saturated carbocycles. The number of piperazine rings is 2. The van der Waals surface area contributed by atoms with Crippen molar-refractivity contribution >= 4 is 64.4 Å². The van der Waals surface area contributed by atoms with Gasteiger partial charge in [0.25, 0.3) is 0 Å². The summed E-state index contributed by atoms with van der Waals surface area (Å²) < 4.78 is 36.7. The maximum atomic E-state index is 13.0. The summed E-state index contributed by atoms with van der Waals surface area (Å²) >= 11 is 8.76. The van der Waals surface area contributed by atoms with E-state index in [0.29, 0.717) is 64.3 Å². The van der Waals surface area contributed by atoms with Crippen LogP contribution in [-0.4, -0.2) is 105 Å². The van der Waals surface area contributed by atoms with E-state index in [9.17, 15) is 18.4 Å². The lowest BCUT2D eigenvalue weighted by Gasteiger charge is -2.35. The van der Waals surface area contributed by atoms with Gasteiger partial charge in [-0.1, -0.05) is 19.2 Å². The first-order chi connectivity index (χ1) is 25.9. The van der Waals surface area contributed by atoms with Crippen molar-refractivity contribution in [3.63, 3.8) is 0 Å². The van der Waals surface area contributed by atoms with Gasteiger partial charge in [0.2, 0.25) is 11.9 Å². The standard InChI is InChI=1S/C19H23FN4O2S.C13H19BrN4O2.C6H5FS.CH4/c1-19(2,3)26-18(25)24-10-8-23(9-11-24)17-21-12-16(13-22-17)27-15-6-4-14(20)5-7-15;1-13(2,3)20-12(19)18-6-4-17(5-7-18)11-15-8-10(14)9-16-11;7-5-1-3-6(8)4-2-5;/h4-7,12-13H,8-11H2,1-3H3;8-9H,4-7H2,1-3H3;1-4,8H;1H4. The van der Waals surface area contributed by atoms with Gasteiger partial charge in [0, 0.05) is 91.8 Å². The minimum atomic E-state index is -0.491. The highest BCUT2D eigenvalue weighted by molar-refractivity contribution is 9.10. The molecular weight excluding hydrogens is 827 g/mol. The zero-order valence-electron chi connectivity index (χ0n) is 31.8. The molecule has 4 heterocycles. The third kappa shape index (κ3) is 16.1. The number of thiol groups is 1. The van der Waals surface area contributed by atoms with E-state index in [1.807, 2.05) is 46.4 Å². The van der Waals surface area contributed by atoms with Crippen LogP contribution in [0.3, 0.4) is 0 Å². The molecule has 6 rings (SSSR count). The van der Waals surface area contributed by atoms with Crippen molar-refractivity contribution in [1.29, 1.82) is 0 Å². The van der Waals surface area contributed by atoms with E-state index in [1.54, 1.807) is 58.9 Å². The van der Waals surface area contributed by atoms with Gasteiger partial charge in [-0.3, -0.25) is 0 Å². The summed E-state index contributed by atoms with van der Waals surface area (Å²) in [6, 6.07) is 12.3. The van der Waals surface area contributed by atoms with Crippen LogP contribution >= 0.6 is 40.3 Å². The Bertz CT molecular complexity index is 1780. The van der Waals surface area contributed by atoms with Crippen molar-refractivity contribution in [2.45, 2.75) is 74.9 Å². The molecule has 0 radical (unpaired) electrons. The molecule has 17 heteroatoms. The molecule has 2 aromatic heterocycles. The van der Waals surface area contributed by atoms with Crippen molar-refractivity contribution in [1.82, 2.24) is 29.7 Å². The molecule has 12 nitrogen and oxygen atoms in total. The summed E-state index contributed by atoms with van der Waals surface area (Å²) in [6.45, 7) is 16.3. The van der Waals surface area contributed by atoms with Gasteiger partial charge < -0.3 is 29.1 Å². The average molecular weight is 878 g/mol. The van der Waals surface area contributed by atoms with E-state index < -0.39 is 11.2 Å². The summed E-state index contributed by atoms with van der Waals surface area (Å²) in [4.78, 5) is 51.6. The number of aromatic nitrogens is 4. The maximum absolute atomic E-state index is 13.0. The van der Waals surface area contributed by atoms with Crippen molar-refractivity contribution in [2.24, 2.45) is 0 Å². The molecule has 2 aromatic carbocycles. The largest absolute Gasteiger partial charge is 0.444 e. The fourth-order valence-electron chi connectivity index (χ4n) is 4.90. The number of halogens is 3. The van der Waals surface area contributed by atoms with E-state index in [1.165, 1.54) is 36.0 Å². The normalized spacial score (nSPS) is 14.3. The van der Waals surface area contributed by atoms with E-state index >= 15 is 0 Å². The predicted molar refractivity (Wildman–Crippen MR) is 223 cm³/mol. The zero-order chi connectivity index (χ0) is 40.2. The van der Waals surface area contributed by atoms with E-state index in [0.717, 1.165) is 19.2 Å². The van der Waals surface area contributed by atoms with Crippen molar-refractivity contribution < 1.29 is 27.8 Å². The molecule has 2 aliphatic heterocycles. The summed E-state index contributed by atoms with van der Waals surface area (Å²) in [5.74, 6) is 0.860.